The molecule has 35 heavy (non-hydrogen) atoms. The lowest BCUT2D eigenvalue weighted by Crippen LogP contribution is -2.26. The second kappa shape index (κ2) is 9.61. The summed E-state index contributed by atoms with van der Waals surface area (Å²) in [6, 6.07) is 5.50. The van der Waals surface area contributed by atoms with Crippen molar-refractivity contribution in [3.8, 4) is 0 Å². The molecular weight excluding hydrogens is 464 g/mol. The van der Waals surface area contributed by atoms with Gasteiger partial charge in [-0.3, -0.25) is 9.59 Å². The Morgan fingerprint density at radius 1 is 1.17 bits per heavy atom. The van der Waals surface area contributed by atoms with Gasteiger partial charge in [-0.05, 0) is 87.3 Å². The highest BCUT2D eigenvalue weighted by atomic mass is 35.5. The summed E-state index contributed by atoms with van der Waals surface area (Å²) < 4.78 is 5.99. The molecule has 0 unspecified atom stereocenters. The molecule has 6 nitrogen and oxygen atoms in total. The first-order chi connectivity index (χ1) is 16.7. The first kappa shape index (κ1) is 24.4. The molecule has 1 heterocycles. The molecule has 3 saturated carbocycles. The third kappa shape index (κ3) is 5.00. The lowest BCUT2D eigenvalue weighted by atomic mass is 9.69. The second-order valence-electron chi connectivity index (χ2n) is 11.5. The van der Waals surface area contributed by atoms with Crippen molar-refractivity contribution < 1.29 is 19.2 Å². The van der Waals surface area contributed by atoms with Crippen LogP contribution in [0.1, 0.15) is 99.1 Å². The van der Waals surface area contributed by atoms with Crippen LogP contribution >= 0.6 is 11.6 Å². The summed E-state index contributed by atoms with van der Waals surface area (Å²) in [5.41, 5.74) is 3.57. The summed E-state index contributed by atoms with van der Waals surface area (Å²) in [4.78, 5) is 25.4. The highest BCUT2D eigenvalue weighted by Gasteiger charge is 2.48. The average Bonchev–Trinajstić information content (AvgIpc) is 3.35. The third-order valence-corrected chi connectivity index (χ3v) is 8.48. The van der Waals surface area contributed by atoms with Gasteiger partial charge >= 0.3 is 5.97 Å². The van der Waals surface area contributed by atoms with Crippen LogP contribution in [0.15, 0.2) is 22.7 Å². The van der Waals surface area contributed by atoms with Gasteiger partial charge in [0.25, 0.3) is 0 Å². The number of anilines is 1. The predicted octanol–water partition coefficient (Wildman–Crippen LogP) is 6.89. The Kier molecular flexibility index (Phi) is 6.69. The summed E-state index contributed by atoms with van der Waals surface area (Å²) in [5.74, 6) is 0.877. The zero-order valence-electron chi connectivity index (χ0n) is 20.7. The molecule has 3 aliphatic rings. The first-order valence-corrected chi connectivity index (χ1v) is 13.4. The van der Waals surface area contributed by atoms with Crippen LogP contribution in [0.3, 0.4) is 0 Å². The van der Waals surface area contributed by atoms with E-state index in [4.69, 9.17) is 16.1 Å². The Bertz CT molecular complexity index is 1120. The Balaban J connectivity index is 1.40. The number of rotatable bonds is 8. The molecule has 1 aromatic carbocycles. The first-order valence-electron chi connectivity index (χ1n) is 13.0. The SMILES string of the molecule is Cc1ccc(NC(=O)[C@@H]2C[C@@H](C(=O)O)C[C@H]2c2noc([C@H]3C[C@H](CC(C)C)C3)c2C2CC2)c(Cl)c1. The monoisotopic (exact) mass is 498 g/mol. The van der Waals surface area contributed by atoms with Gasteiger partial charge in [0.05, 0.1) is 22.3 Å². The molecule has 0 aliphatic heterocycles. The van der Waals surface area contributed by atoms with Crippen molar-refractivity contribution in [2.45, 2.75) is 83.5 Å². The van der Waals surface area contributed by atoms with Gasteiger partial charge in [-0.25, -0.2) is 0 Å². The van der Waals surface area contributed by atoms with Gasteiger partial charge in [0.15, 0.2) is 0 Å². The van der Waals surface area contributed by atoms with Crippen molar-refractivity contribution in [3.63, 3.8) is 0 Å². The number of amides is 1. The Labute approximate surface area is 211 Å². The molecule has 0 bridgehead atoms. The number of halogens is 1. The number of hydrogen-bond donors (Lipinski definition) is 2. The van der Waals surface area contributed by atoms with E-state index in [-0.39, 0.29) is 11.8 Å². The van der Waals surface area contributed by atoms with E-state index in [0.29, 0.717) is 41.3 Å². The number of hydrogen-bond acceptors (Lipinski definition) is 4. The maximum atomic E-state index is 13.4. The van der Waals surface area contributed by atoms with Crippen LogP contribution in [0.25, 0.3) is 0 Å². The highest BCUT2D eigenvalue weighted by Crippen LogP contribution is 2.55. The van der Waals surface area contributed by atoms with Crippen LogP contribution in [-0.2, 0) is 9.59 Å². The maximum Gasteiger partial charge on any atom is 0.306 e. The Morgan fingerprint density at radius 3 is 2.54 bits per heavy atom. The number of carbonyl (C=O) groups is 2. The quantitative estimate of drug-likeness (QED) is 0.413. The number of nitrogens with one attached hydrogen (secondary N) is 1. The molecule has 5 rings (SSSR count). The van der Waals surface area contributed by atoms with Gasteiger partial charge in [-0.1, -0.05) is 36.7 Å². The summed E-state index contributed by atoms with van der Waals surface area (Å²) in [5, 5.41) is 17.7. The fraction of sp³-hybridized carbons (Fsp3) is 0.607. The number of carboxylic acids is 1. The van der Waals surface area contributed by atoms with Gasteiger partial charge in [-0.2, -0.15) is 0 Å². The fourth-order valence-corrected chi connectivity index (χ4v) is 6.54. The van der Waals surface area contributed by atoms with Crippen molar-refractivity contribution in [1.29, 1.82) is 0 Å². The number of aromatic nitrogens is 1. The fourth-order valence-electron chi connectivity index (χ4n) is 6.25. The Hall–Kier alpha value is -2.34. The minimum atomic E-state index is -0.856. The normalized spacial score (nSPS) is 28.2. The van der Waals surface area contributed by atoms with E-state index in [1.54, 1.807) is 6.07 Å². The summed E-state index contributed by atoms with van der Waals surface area (Å²) in [7, 11) is 0. The third-order valence-electron chi connectivity index (χ3n) is 8.16. The van der Waals surface area contributed by atoms with Crippen LogP contribution in [0.5, 0.6) is 0 Å². The number of aliphatic carboxylic acids is 1. The lowest BCUT2D eigenvalue weighted by molar-refractivity contribution is -0.141. The van der Waals surface area contributed by atoms with Gasteiger partial charge in [-0.15, -0.1) is 0 Å². The number of carboxylic acid groups (broad SMARTS) is 1. The van der Waals surface area contributed by atoms with E-state index in [1.165, 1.54) is 12.0 Å². The number of nitrogens with zero attached hydrogens (tertiary/aromatic N) is 1. The minimum Gasteiger partial charge on any atom is -0.481 e. The predicted molar refractivity (Wildman–Crippen MR) is 135 cm³/mol. The van der Waals surface area contributed by atoms with E-state index in [0.717, 1.165) is 48.6 Å². The zero-order chi connectivity index (χ0) is 24.9. The molecule has 2 N–H and O–H groups in total. The molecule has 7 heteroatoms. The van der Waals surface area contributed by atoms with Gasteiger partial charge in [0.1, 0.15) is 5.76 Å². The molecule has 0 spiro atoms. The summed E-state index contributed by atoms with van der Waals surface area (Å²) >= 11 is 6.36. The van der Waals surface area contributed by atoms with Crippen molar-refractivity contribution in [2.75, 3.05) is 5.32 Å². The van der Waals surface area contributed by atoms with E-state index in [2.05, 4.69) is 24.3 Å². The van der Waals surface area contributed by atoms with Crippen LogP contribution in [0, 0.1) is 30.6 Å². The van der Waals surface area contributed by atoms with Crippen molar-refractivity contribution in [2.24, 2.45) is 23.7 Å². The van der Waals surface area contributed by atoms with Crippen molar-refractivity contribution in [3.05, 3.63) is 45.8 Å². The molecule has 2 aromatic rings. The molecule has 3 atom stereocenters. The van der Waals surface area contributed by atoms with E-state index >= 15 is 0 Å². The molecule has 188 valence electrons. The van der Waals surface area contributed by atoms with E-state index < -0.39 is 17.8 Å². The molecule has 3 fully saturated rings. The largest absolute Gasteiger partial charge is 0.481 e. The average molecular weight is 499 g/mol. The molecule has 0 saturated heterocycles. The van der Waals surface area contributed by atoms with E-state index in [1.807, 2.05) is 19.1 Å². The van der Waals surface area contributed by atoms with Crippen LogP contribution in [-0.4, -0.2) is 22.1 Å². The number of benzene rings is 1. The smallest absolute Gasteiger partial charge is 0.306 e. The number of aryl methyl sites for hydroxylation is 1. The summed E-state index contributed by atoms with van der Waals surface area (Å²) in [6.45, 7) is 6.48. The molecule has 3 aliphatic carbocycles. The van der Waals surface area contributed by atoms with Crippen LogP contribution in [0.2, 0.25) is 5.02 Å². The Morgan fingerprint density at radius 2 is 1.91 bits per heavy atom. The second-order valence-corrected chi connectivity index (χ2v) is 11.9. The van der Waals surface area contributed by atoms with Crippen molar-refractivity contribution in [1.82, 2.24) is 5.16 Å². The lowest BCUT2D eigenvalue weighted by Gasteiger charge is -2.35. The minimum absolute atomic E-state index is 0.198. The number of carbonyl (C=O) groups excluding carboxylic acids is 1. The topological polar surface area (TPSA) is 92.4 Å². The van der Waals surface area contributed by atoms with Crippen molar-refractivity contribution >= 4 is 29.2 Å². The van der Waals surface area contributed by atoms with E-state index in [9.17, 15) is 14.7 Å². The molecule has 0 radical (unpaired) electrons. The molecule has 1 amide bonds. The van der Waals surface area contributed by atoms with Gasteiger partial charge in [0.2, 0.25) is 5.91 Å². The highest BCUT2D eigenvalue weighted by molar-refractivity contribution is 6.33. The molecular formula is C28H35ClN2O4. The van der Waals surface area contributed by atoms with Gasteiger partial charge in [0, 0.05) is 23.3 Å². The van der Waals surface area contributed by atoms with Gasteiger partial charge < -0.3 is 14.9 Å². The molecule has 1 aromatic heterocycles. The van der Waals surface area contributed by atoms with Crippen LogP contribution < -0.4 is 5.32 Å². The van der Waals surface area contributed by atoms with Crippen LogP contribution in [0.4, 0.5) is 5.69 Å². The standard InChI is InChI=1S/C28H35ClN2O4/c1-14(2)8-16-10-18(11-16)26-24(17-5-6-17)25(31-35-26)20-12-19(28(33)34)13-21(20)27(32)30-23-7-4-15(3)9-22(23)29/h4,7,9,14,16-21H,5-6,8,10-13H2,1-3H3,(H,30,32)(H,33,34)/t16-,18-,19-,20+,21+/m0/s1. The zero-order valence-corrected chi connectivity index (χ0v) is 21.5. The maximum absolute atomic E-state index is 13.4. The summed E-state index contributed by atoms with van der Waals surface area (Å²) in [6.07, 6.45) is 6.41.